The molecule has 5 aromatic carbocycles. The molecule has 0 unspecified atom stereocenters. The standard InChI is InChI=1S/C27H27NO4S.C22H19NO2S.C11H10O3/c1-27(2,3)32-26(31)28-23-11-9-20(25-5-4-12-33-25)14-21(23)16-24(30)19-7-6-18-15-22(29)10-8-17(18)13-19;23-20-8-6-17(22-2-1-9-26-22)11-18(20)13-21(25)16-4-3-15-12-19(24)7-5-14(15)10-16;12-10-4-3-7-5-9(11(13)14)2-1-8(7)6-10/h4-7,9,11-14H,8,10,15-16H2,1-3H3,(H,28,31);1-4,6,8-11H,5,7,12-13,23H2;1-2,5H,3-4,6H2,(H,13,14). The van der Waals surface area contributed by atoms with Gasteiger partial charge in [-0.15, -0.1) is 22.7 Å². The average molecular weight is 1010 g/mol. The van der Waals surface area contributed by atoms with E-state index in [9.17, 15) is 33.6 Å². The number of ketones is 5. The number of benzene rings is 5. The maximum atomic E-state index is 13.2. The Morgan fingerprint density at radius 1 is 0.548 bits per heavy atom. The minimum atomic E-state index is -0.912. The number of hydrogen-bond donors (Lipinski definition) is 3. The van der Waals surface area contributed by atoms with Gasteiger partial charge in [-0.3, -0.25) is 29.3 Å². The van der Waals surface area contributed by atoms with Gasteiger partial charge in [-0.1, -0.05) is 54.6 Å². The van der Waals surface area contributed by atoms with Gasteiger partial charge in [0, 0.05) is 83.6 Å². The largest absolute Gasteiger partial charge is 0.478 e. The lowest BCUT2D eigenvalue weighted by Gasteiger charge is -2.21. The van der Waals surface area contributed by atoms with E-state index in [4.69, 9.17) is 15.6 Å². The molecular formula is C60H56N2O9S2. The van der Waals surface area contributed by atoms with Crippen molar-refractivity contribution in [2.24, 2.45) is 0 Å². The van der Waals surface area contributed by atoms with Crippen molar-refractivity contribution in [1.82, 2.24) is 0 Å². The van der Waals surface area contributed by atoms with Crippen molar-refractivity contribution >= 4 is 75.0 Å². The number of carbonyl (C=O) groups excluding carboxylic acids is 6. The molecule has 0 fully saturated rings. The first-order chi connectivity index (χ1) is 34.9. The van der Waals surface area contributed by atoms with Crippen molar-refractivity contribution in [3.8, 4) is 20.9 Å². The monoisotopic (exact) mass is 1010 g/mol. The summed E-state index contributed by atoms with van der Waals surface area (Å²) in [6.45, 7) is 5.42. The van der Waals surface area contributed by atoms with Crippen molar-refractivity contribution in [1.29, 1.82) is 0 Å². The van der Waals surface area contributed by atoms with E-state index < -0.39 is 17.7 Å². The van der Waals surface area contributed by atoms with E-state index in [-0.39, 0.29) is 41.8 Å². The molecule has 11 nitrogen and oxygen atoms in total. The number of aryl methyl sites for hydroxylation is 3. The van der Waals surface area contributed by atoms with Gasteiger partial charge in [-0.05, 0) is 167 Å². The third-order valence-corrected chi connectivity index (χ3v) is 14.7. The lowest BCUT2D eigenvalue weighted by atomic mass is 9.88. The summed E-state index contributed by atoms with van der Waals surface area (Å²) < 4.78 is 5.40. The van der Waals surface area contributed by atoms with Gasteiger partial charge in [0.1, 0.15) is 23.0 Å². The zero-order valence-electron chi connectivity index (χ0n) is 41.0. The van der Waals surface area contributed by atoms with Gasteiger partial charge in [-0.25, -0.2) is 9.59 Å². The topological polar surface area (TPSA) is 187 Å². The number of ether oxygens (including phenoxy) is 1. The molecule has 0 spiro atoms. The predicted octanol–water partition coefficient (Wildman–Crippen LogP) is 12.2. The highest BCUT2D eigenvalue weighted by Crippen LogP contribution is 2.32. The molecule has 3 aliphatic carbocycles. The fraction of sp³-hybridized carbons (Fsp3) is 0.250. The molecular weight excluding hydrogens is 957 g/mol. The third-order valence-electron chi connectivity index (χ3n) is 12.9. The summed E-state index contributed by atoms with van der Waals surface area (Å²) in [6.07, 6.45) is 4.96. The van der Waals surface area contributed by atoms with Crippen LogP contribution in [-0.2, 0) is 70.5 Å². The van der Waals surface area contributed by atoms with Crippen LogP contribution in [0.25, 0.3) is 20.9 Å². The van der Waals surface area contributed by atoms with Gasteiger partial charge in [0.25, 0.3) is 0 Å². The number of nitrogen functional groups attached to an aromatic ring is 1. The maximum Gasteiger partial charge on any atom is 0.412 e. The Kier molecular flexibility index (Phi) is 16.2. The minimum absolute atomic E-state index is 0.0368. The lowest BCUT2D eigenvalue weighted by molar-refractivity contribution is -0.119. The van der Waals surface area contributed by atoms with E-state index in [1.165, 1.54) is 0 Å². The Hall–Kier alpha value is -7.61. The number of hydrogen-bond acceptors (Lipinski definition) is 11. The fourth-order valence-electron chi connectivity index (χ4n) is 9.07. The number of nitrogens with one attached hydrogen (secondary N) is 1. The smallest absolute Gasteiger partial charge is 0.412 e. The molecule has 2 heterocycles. The van der Waals surface area contributed by atoms with E-state index in [0.717, 1.165) is 71.8 Å². The molecule has 4 N–H and O–H groups in total. The van der Waals surface area contributed by atoms with E-state index in [0.29, 0.717) is 79.4 Å². The molecule has 372 valence electrons. The highest BCUT2D eigenvalue weighted by atomic mass is 32.1. The fourth-order valence-corrected chi connectivity index (χ4v) is 10.5. The lowest BCUT2D eigenvalue weighted by Crippen LogP contribution is -2.27. The Balaban J connectivity index is 0.000000157. The molecule has 0 atom stereocenters. The van der Waals surface area contributed by atoms with Crippen LogP contribution in [0.15, 0.2) is 126 Å². The Labute approximate surface area is 432 Å². The van der Waals surface area contributed by atoms with Crippen LogP contribution in [0.3, 0.4) is 0 Å². The quantitative estimate of drug-likeness (QED) is 0.0879. The van der Waals surface area contributed by atoms with Crippen LogP contribution in [0.1, 0.15) is 116 Å². The van der Waals surface area contributed by atoms with Gasteiger partial charge in [0.15, 0.2) is 11.6 Å². The number of rotatable bonds is 10. The number of fused-ring (bicyclic) bond motifs is 3. The SMILES string of the molecule is CC(C)(C)OC(=O)Nc1ccc(-c2cccs2)cc1CC(=O)c1ccc2c(c1)CCC(=O)C2.Nc1ccc(-c2cccs2)cc1CC(=O)c1ccc2c(c1)CCC(=O)C2.O=C1CCc2cc(C(=O)O)ccc2C1. The molecule has 1 amide bonds. The number of anilines is 2. The first-order valence-electron chi connectivity index (χ1n) is 24.2. The molecule has 0 aliphatic heterocycles. The zero-order chi connectivity index (χ0) is 51.8. The number of carboxylic acid groups (broad SMARTS) is 1. The maximum absolute atomic E-state index is 13.2. The van der Waals surface area contributed by atoms with Crippen molar-refractivity contribution in [3.05, 3.63) is 187 Å². The molecule has 0 radical (unpaired) electrons. The second kappa shape index (κ2) is 22.9. The summed E-state index contributed by atoms with van der Waals surface area (Å²) in [7, 11) is 0. The number of nitrogens with two attached hydrogens (primary N) is 1. The summed E-state index contributed by atoms with van der Waals surface area (Å²) in [5.41, 5.74) is 18.2. The van der Waals surface area contributed by atoms with Gasteiger partial charge >= 0.3 is 12.1 Å². The van der Waals surface area contributed by atoms with Crippen LogP contribution < -0.4 is 11.1 Å². The highest BCUT2D eigenvalue weighted by Gasteiger charge is 2.23. The number of thiophene rings is 2. The number of amides is 1. The molecule has 0 saturated heterocycles. The van der Waals surface area contributed by atoms with Crippen molar-refractivity contribution in [2.75, 3.05) is 11.1 Å². The first-order valence-corrected chi connectivity index (χ1v) is 26.0. The molecule has 10 rings (SSSR count). The summed E-state index contributed by atoms with van der Waals surface area (Å²) in [5, 5.41) is 15.6. The van der Waals surface area contributed by atoms with Crippen molar-refractivity contribution < 1.29 is 43.4 Å². The second-order valence-corrected chi connectivity index (χ2v) is 21.4. The minimum Gasteiger partial charge on any atom is -0.478 e. The van der Waals surface area contributed by atoms with Gasteiger partial charge in [0.05, 0.1) is 5.56 Å². The Bertz CT molecular complexity index is 3260. The van der Waals surface area contributed by atoms with Crippen LogP contribution in [0.2, 0.25) is 0 Å². The number of carbonyl (C=O) groups is 7. The molecule has 2 aromatic heterocycles. The number of Topliss-reactive ketones (excluding diaryl/α,β-unsaturated/α-hetero) is 5. The average Bonchev–Trinajstić information content (AvgIpc) is 4.11. The number of carboxylic acids is 1. The summed E-state index contributed by atoms with van der Waals surface area (Å²) in [4.78, 5) is 85.8. The molecule has 0 bridgehead atoms. The second-order valence-electron chi connectivity index (χ2n) is 19.5. The summed E-state index contributed by atoms with van der Waals surface area (Å²) in [5.74, 6) is -0.144. The molecule has 0 saturated carbocycles. The van der Waals surface area contributed by atoms with Crippen molar-refractivity contribution in [2.45, 2.75) is 97.0 Å². The van der Waals surface area contributed by atoms with Crippen LogP contribution >= 0.6 is 22.7 Å². The highest BCUT2D eigenvalue weighted by molar-refractivity contribution is 7.13. The van der Waals surface area contributed by atoms with E-state index in [2.05, 4.69) is 11.4 Å². The van der Waals surface area contributed by atoms with Crippen LogP contribution in [0, 0.1) is 0 Å². The van der Waals surface area contributed by atoms with E-state index >= 15 is 0 Å². The van der Waals surface area contributed by atoms with Gasteiger partial charge in [0.2, 0.25) is 0 Å². The van der Waals surface area contributed by atoms with Gasteiger partial charge in [-0.2, -0.15) is 0 Å². The van der Waals surface area contributed by atoms with Gasteiger partial charge < -0.3 is 15.6 Å². The summed E-state index contributed by atoms with van der Waals surface area (Å²) in [6, 6.07) is 35.9. The van der Waals surface area contributed by atoms with E-state index in [1.54, 1.807) is 67.7 Å². The predicted molar refractivity (Wildman–Crippen MR) is 287 cm³/mol. The molecule has 3 aliphatic rings. The van der Waals surface area contributed by atoms with Crippen LogP contribution in [0.4, 0.5) is 16.2 Å². The van der Waals surface area contributed by atoms with Crippen LogP contribution in [-0.4, -0.2) is 51.7 Å². The molecule has 13 heteroatoms. The number of aromatic carboxylic acids is 1. The van der Waals surface area contributed by atoms with E-state index in [1.807, 2.05) is 95.7 Å². The van der Waals surface area contributed by atoms with Crippen molar-refractivity contribution in [3.63, 3.8) is 0 Å². The zero-order valence-corrected chi connectivity index (χ0v) is 42.6. The third kappa shape index (κ3) is 13.7. The Morgan fingerprint density at radius 2 is 0.986 bits per heavy atom. The molecule has 7 aromatic rings. The normalized spacial score (nSPS) is 13.7. The van der Waals surface area contributed by atoms with Crippen LogP contribution in [0.5, 0.6) is 0 Å². The first kappa shape index (κ1) is 51.7. The Morgan fingerprint density at radius 3 is 1.44 bits per heavy atom. The molecule has 73 heavy (non-hydrogen) atoms. The summed E-state index contributed by atoms with van der Waals surface area (Å²) >= 11 is 3.29.